The number of hydrogen-bond acceptors (Lipinski definition) is 3. The zero-order valence-corrected chi connectivity index (χ0v) is 19.5. The molecule has 0 aliphatic carbocycles. The van der Waals surface area contributed by atoms with Crippen LogP contribution in [0.15, 0.2) is 82.2 Å². The summed E-state index contributed by atoms with van der Waals surface area (Å²) < 4.78 is 0. The molecular formula is C28H23NS2. The van der Waals surface area contributed by atoms with E-state index < -0.39 is 0 Å². The Morgan fingerprint density at radius 2 is 1.16 bits per heavy atom. The van der Waals surface area contributed by atoms with Crippen LogP contribution in [0, 0.1) is 0 Å². The van der Waals surface area contributed by atoms with E-state index in [0.29, 0.717) is 0 Å². The van der Waals surface area contributed by atoms with Gasteiger partial charge in [-0.1, -0.05) is 63.2 Å². The van der Waals surface area contributed by atoms with E-state index in [-0.39, 0.29) is 5.41 Å². The molecular weight excluding hydrogens is 414 g/mol. The molecule has 3 heteroatoms. The van der Waals surface area contributed by atoms with Crippen LogP contribution in [0.25, 0.3) is 32.3 Å². The fourth-order valence-corrected chi connectivity index (χ4v) is 6.07. The standard InChI is InChI=1S/C28H23NS2/c1-28(2,3)24-10-6-18-5-9-23-25(11-7-19-4-8-22(24)26(18)27(19)23)29(20-12-14-30-16-20)21-13-15-31-17-21/h4-17H,1-3H3. The van der Waals surface area contributed by atoms with Gasteiger partial charge in [-0.05, 0) is 66.9 Å². The first-order valence-corrected chi connectivity index (χ1v) is 12.5. The van der Waals surface area contributed by atoms with Crippen molar-refractivity contribution in [2.24, 2.45) is 0 Å². The van der Waals surface area contributed by atoms with Crippen LogP contribution in [0.2, 0.25) is 0 Å². The van der Waals surface area contributed by atoms with E-state index in [9.17, 15) is 0 Å². The number of rotatable bonds is 3. The molecule has 6 aromatic rings. The first-order chi connectivity index (χ1) is 15.0. The molecule has 0 atom stereocenters. The average molecular weight is 438 g/mol. The van der Waals surface area contributed by atoms with Gasteiger partial charge in [0.1, 0.15) is 0 Å². The van der Waals surface area contributed by atoms with E-state index in [1.54, 1.807) is 22.7 Å². The smallest absolute Gasteiger partial charge is 0.0569 e. The van der Waals surface area contributed by atoms with Gasteiger partial charge in [-0.25, -0.2) is 0 Å². The van der Waals surface area contributed by atoms with E-state index >= 15 is 0 Å². The highest BCUT2D eigenvalue weighted by Gasteiger charge is 2.22. The minimum Gasteiger partial charge on any atom is -0.308 e. The predicted octanol–water partition coefficient (Wildman–Crippen LogP) is 9.47. The lowest BCUT2D eigenvalue weighted by atomic mass is 9.81. The molecule has 0 fully saturated rings. The summed E-state index contributed by atoms with van der Waals surface area (Å²) in [5.74, 6) is 0. The highest BCUT2D eigenvalue weighted by atomic mass is 32.1. The average Bonchev–Trinajstić information content (AvgIpc) is 3.47. The Labute approximate surface area is 190 Å². The van der Waals surface area contributed by atoms with Crippen LogP contribution < -0.4 is 4.90 Å². The Morgan fingerprint density at radius 3 is 1.74 bits per heavy atom. The molecule has 0 N–H and O–H groups in total. The molecule has 1 nitrogen and oxygen atoms in total. The van der Waals surface area contributed by atoms with Crippen LogP contribution in [0.3, 0.4) is 0 Å². The second kappa shape index (κ2) is 6.81. The Hall–Kier alpha value is -2.88. The maximum Gasteiger partial charge on any atom is 0.0569 e. The van der Waals surface area contributed by atoms with Crippen LogP contribution in [0.5, 0.6) is 0 Å². The van der Waals surface area contributed by atoms with Gasteiger partial charge < -0.3 is 4.90 Å². The van der Waals surface area contributed by atoms with Crippen LogP contribution in [-0.4, -0.2) is 0 Å². The molecule has 0 unspecified atom stereocenters. The Balaban J connectivity index is 1.73. The molecule has 2 heterocycles. The lowest BCUT2D eigenvalue weighted by Crippen LogP contribution is -2.12. The van der Waals surface area contributed by atoms with Crippen molar-refractivity contribution in [3.8, 4) is 0 Å². The Bertz CT molecular complexity index is 1470. The summed E-state index contributed by atoms with van der Waals surface area (Å²) in [6, 6.07) is 22.8. The fourth-order valence-electron chi connectivity index (χ4n) is 4.83. The van der Waals surface area contributed by atoms with Gasteiger partial charge in [0.15, 0.2) is 0 Å². The summed E-state index contributed by atoms with van der Waals surface area (Å²) in [5, 5.41) is 16.8. The molecule has 0 aliphatic rings. The molecule has 0 aliphatic heterocycles. The monoisotopic (exact) mass is 437 g/mol. The van der Waals surface area contributed by atoms with Crippen molar-refractivity contribution < 1.29 is 0 Å². The van der Waals surface area contributed by atoms with Crippen molar-refractivity contribution >= 4 is 72.1 Å². The number of anilines is 3. The topological polar surface area (TPSA) is 3.24 Å². The van der Waals surface area contributed by atoms with E-state index in [4.69, 9.17) is 0 Å². The van der Waals surface area contributed by atoms with Crippen LogP contribution in [0.4, 0.5) is 17.1 Å². The summed E-state index contributed by atoms with van der Waals surface area (Å²) in [6.07, 6.45) is 0. The Kier molecular flexibility index (Phi) is 4.14. The number of thiophene rings is 2. The number of benzene rings is 4. The normalized spacial score (nSPS) is 12.4. The maximum absolute atomic E-state index is 2.39. The lowest BCUT2D eigenvalue weighted by Gasteiger charge is -2.26. The Morgan fingerprint density at radius 1 is 0.613 bits per heavy atom. The SMILES string of the molecule is CC(C)(C)c1ccc2ccc3c(N(c4ccsc4)c4ccsc4)ccc4ccc1c2c43. The van der Waals surface area contributed by atoms with E-state index in [0.717, 1.165) is 0 Å². The van der Waals surface area contributed by atoms with Crippen molar-refractivity contribution in [3.63, 3.8) is 0 Å². The fraction of sp³-hybridized carbons (Fsp3) is 0.143. The molecule has 0 saturated carbocycles. The van der Waals surface area contributed by atoms with E-state index in [2.05, 4.69) is 108 Å². The summed E-state index contributed by atoms with van der Waals surface area (Å²) in [6.45, 7) is 6.92. The molecule has 4 aromatic carbocycles. The van der Waals surface area contributed by atoms with Crippen molar-refractivity contribution in [3.05, 3.63) is 87.7 Å². The van der Waals surface area contributed by atoms with Gasteiger partial charge in [0.05, 0.1) is 17.1 Å². The van der Waals surface area contributed by atoms with Crippen LogP contribution >= 0.6 is 22.7 Å². The van der Waals surface area contributed by atoms with Gasteiger partial charge in [0, 0.05) is 16.1 Å². The number of hydrogen-bond donors (Lipinski definition) is 0. The third kappa shape index (κ3) is 2.88. The zero-order chi connectivity index (χ0) is 21.2. The first-order valence-electron chi connectivity index (χ1n) is 10.6. The van der Waals surface area contributed by atoms with Gasteiger partial charge in [0.25, 0.3) is 0 Å². The van der Waals surface area contributed by atoms with E-state index in [1.807, 2.05) is 0 Å². The highest BCUT2D eigenvalue weighted by molar-refractivity contribution is 7.08. The van der Waals surface area contributed by atoms with Crippen molar-refractivity contribution in [1.82, 2.24) is 0 Å². The molecule has 0 saturated heterocycles. The van der Waals surface area contributed by atoms with E-state index in [1.165, 1.54) is 54.9 Å². The van der Waals surface area contributed by atoms with Gasteiger partial charge in [-0.3, -0.25) is 0 Å². The molecule has 31 heavy (non-hydrogen) atoms. The molecule has 0 radical (unpaired) electrons. The second-order valence-electron chi connectivity index (χ2n) is 9.17. The molecule has 0 spiro atoms. The number of nitrogens with zero attached hydrogens (tertiary/aromatic N) is 1. The molecule has 0 bridgehead atoms. The quantitative estimate of drug-likeness (QED) is 0.249. The van der Waals surface area contributed by atoms with Gasteiger partial charge >= 0.3 is 0 Å². The summed E-state index contributed by atoms with van der Waals surface area (Å²) in [7, 11) is 0. The van der Waals surface area contributed by atoms with Gasteiger partial charge in [0.2, 0.25) is 0 Å². The van der Waals surface area contributed by atoms with Gasteiger partial charge in [-0.2, -0.15) is 22.7 Å². The lowest BCUT2D eigenvalue weighted by molar-refractivity contribution is 0.596. The molecule has 6 rings (SSSR count). The zero-order valence-electron chi connectivity index (χ0n) is 17.8. The third-order valence-electron chi connectivity index (χ3n) is 6.22. The van der Waals surface area contributed by atoms with Crippen LogP contribution in [-0.2, 0) is 5.41 Å². The molecule has 2 aromatic heterocycles. The minimum atomic E-state index is 0.102. The van der Waals surface area contributed by atoms with Crippen molar-refractivity contribution in [2.45, 2.75) is 26.2 Å². The molecule has 0 amide bonds. The van der Waals surface area contributed by atoms with Crippen molar-refractivity contribution in [2.75, 3.05) is 4.90 Å². The van der Waals surface area contributed by atoms with Gasteiger partial charge in [-0.15, -0.1) is 0 Å². The summed E-state index contributed by atoms with van der Waals surface area (Å²) in [4.78, 5) is 2.39. The van der Waals surface area contributed by atoms with Crippen LogP contribution in [0.1, 0.15) is 26.3 Å². The van der Waals surface area contributed by atoms with Crippen molar-refractivity contribution in [1.29, 1.82) is 0 Å². The second-order valence-corrected chi connectivity index (χ2v) is 10.7. The third-order valence-corrected chi connectivity index (χ3v) is 7.56. The minimum absolute atomic E-state index is 0.102. The largest absolute Gasteiger partial charge is 0.308 e. The predicted molar refractivity (Wildman–Crippen MR) is 139 cm³/mol. The first kappa shape index (κ1) is 18.9. The maximum atomic E-state index is 2.39. The summed E-state index contributed by atoms with van der Waals surface area (Å²) in [5.41, 5.74) is 5.18. The summed E-state index contributed by atoms with van der Waals surface area (Å²) >= 11 is 3.48. The highest BCUT2D eigenvalue weighted by Crippen LogP contribution is 2.45. The molecule has 152 valence electrons.